The van der Waals surface area contributed by atoms with E-state index >= 15 is 0 Å². The van der Waals surface area contributed by atoms with Crippen LogP contribution in [0.5, 0.6) is 0 Å². The third-order valence-corrected chi connectivity index (χ3v) is 4.45. The third-order valence-electron chi connectivity index (χ3n) is 3.30. The van der Waals surface area contributed by atoms with Gasteiger partial charge in [-0.05, 0) is 39.3 Å². The number of para-hydroxylation sites is 1. The maximum absolute atomic E-state index is 2.58. The lowest BCUT2D eigenvalue weighted by Crippen LogP contribution is -2.46. The van der Waals surface area contributed by atoms with E-state index in [0.717, 1.165) is 0 Å². The SMILES string of the molecule is CCCC(C)(C)N1c2ccccc2SC1C. The summed E-state index contributed by atoms with van der Waals surface area (Å²) in [6, 6.07) is 8.77. The van der Waals surface area contributed by atoms with Crippen LogP contribution in [0.15, 0.2) is 29.2 Å². The van der Waals surface area contributed by atoms with E-state index in [9.17, 15) is 0 Å². The average molecular weight is 235 g/mol. The Labute approximate surface area is 103 Å². The summed E-state index contributed by atoms with van der Waals surface area (Å²) in [5, 5.41) is 0.555. The van der Waals surface area contributed by atoms with Gasteiger partial charge in [-0.2, -0.15) is 0 Å². The van der Waals surface area contributed by atoms with Crippen LogP contribution in [0, 0.1) is 0 Å². The lowest BCUT2D eigenvalue weighted by atomic mass is 9.95. The largest absolute Gasteiger partial charge is 0.353 e. The first kappa shape index (κ1) is 11.8. The Balaban J connectivity index is 2.35. The minimum atomic E-state index is 0.258. The fraction of sp³-hybridized carbons (Fsp3) is 0.571. The lowest BCUT2D eigenvalue weighted by molar-refractivity contribution is 0.421. The minimum Gasteiger partial charge on any atom is -0.353 e. The van der Waals surface area contributed by atoms with Gasteiger partial charge in [0.1, 0.15) is 0 Å². The molecule has 2 rings (SSSR count). The highest BCUT2D eigenvalue weighted by molar-refractivity contribution is 8.00. The predicted molar refractivity (Wildman–Crippen MR) is 73.2 cm³/mol. The molecule has 1 heterocycles. The topological polar surface area (TPSA) is 3.24 Å². The minimum absolute atomic E-state index is 0.258. The van der Waals surface area contributed by atoms with Crippen LogP contribution in [0.3, 0.4) is 0 Å². The fourth-order valence-electron chi connectivity index (χ4n) is 2.74. The second-order valence-electron chi connectivity index (χ2n) is 5.12. The van der Waals surface area contributed by atoms with Gasteiger partial charge in [0, 0.05) is 10.4 Å². The highest BCUT2D eigenvalue weighted by Crippen LogP contribution is 2.47. The molecule has 0 radical (unpaired) electrons. The van der Waals surface area contributed by atoms with E-state index < -0.39 is 0 Å². The summed E-state index contributed by atoms with van der Waals surface area (Å²) in [6.07, 6.45) is 2.48. The Morgan fingerprint density at radius 2 is 2.00 bits per heavy atom. The molecule has 0 saturated heterocycles. The molecule has 1 aromatic rings. The van der Waals surface area contributed by atoms with Crippen LogP contribution in [0.2, 0.25) is 0 Å². The molecular formula is C14H21NS. The van der Waals surface area contributed by atoms with Gasteiger partial charge in [0.15, 0.2) is 0 Å². The number of hydrogen-bond acceptors (Lipinski definition) is 2. The first-order valence-corrected chi connectivity index (χ1v) is 6.99. The van der Waals surface area contributed by atoms with Crippen molar-refractivity contribution in [1.29, 1.82) is 0 Å². The molecule has 0 spiro atoms. The second-order valence-corrected chi connectivity index (χ2v) is 6.48. The Morgan fingerprint density at radius 1 is 1.31 bits per heavy atom. The zero-order valence-electron chi connectivity index (χ0n) is 10.7. The summed E-state index contributed by atoms with van der Waals surface area (Å²) < 4.78 is 0. The number of anilines is 1. The van der Waals surface area contributed by atoms with Crippen molar-refractivity contribution in [2.24, 2.45) is 0 Å². The van der Waals surface area contributed by atoms with Gasteiger partial charge < -0.3 is 4.90 Å². The molecule has 0 saturated carbocycles. The highest BCUT2D eigenvalue weighted by Gasteiger charge is 2.36. The van der Waals surface area contributed by atoms with Gasteiger partial charge >= 0.3 is 0 Å². The van der Waals surface area contributed by atoms with E-state index in [1.165, 1.54) is 23.4 Å². The average Bonchev–Trinajstić information content (AvgIpc) is 2.53. The maximum Gasteiger partial charge on any atom is 0.0775 e. The van der Waals surface area contributed by atoms with Crippen molar-refractivity contribution in [1.82, 2.24) is 0 Å². The summed E-state index contributed by atoms with van der Waals surface area (Å²) >= 11 is 1.98. The van der Waals surface area contributed by atoms with Crippen molar-refractivity contribution in [3.63, 3.8) is 0 Å². The third kappa shape index (κ3) is 1.95. The van der Waals surface area contributed by atoms with Crippen LogP contribution in [0.25, 0.3) is 0 Å². The van der Waals surface area contributed by atoms with Crippen molar-refractivity contribution in [2.75, 3.05) is 4.90 Å². The van der Waals surface area contributed by atoms with Gasteiger partial charge in [0.05, 0.1) is 11.1 Å². The molecular weight excluding hydrogens is 214 g/mol. The van der Waals surface area contributed by atoms with Crippen LogP contribution in [0.4, 0.5) is 5.69 Å². The molecule has 1 nitrogen and oxygen atoms in total. The molecule has 0 aromatic heterocycles. The maximum atomic E-state index is 2.58. The van der Waals surface area contributed by atoms with E-state index in [1.54, 1.807) is 0 Å². The number of hydrogen-bond donors (Lipinski definition) is 0. The van der Waals surface area contributed by atoms with Gasteiger partial charge in [-0.15, -0.1) is 0 Å². The number of rotatable bonds is 3. The zero-order chi connectivity index (χ0) is 11.8. The Hall–Kier alpha value is -0.630. The monoisotopic (exact) mass is 235 g/mol. The fourth-order valence-corrected chi connectivity index (χ4v) is 4.05. The summed E-state index contributed by atoms with van der Waals surface area (Å²) in [5.74, 6) is 0. The smallest absolute Gasteiger partial charge is 0.0775 e. The number of thioether (sulfide) groups is 1. The summed E-state index contributed by atoms with van der Waals surface area (Å²) in [4.78, 5) is 4.01. The number of fused-ring (bicyclic) bond motifs is 1. The normalized spacial score (nSPS) is 20.0. The highest BCUT2D eigenvalue weighted by atomic mass is 32.2. The van der Waals surface area contributed by atoms with Gasteiger partial charge in [-0.25, -0.2) is 0 Å². The van der Waals surface area contributed by atoms with Crippen molar-refractivity contribution in [2.45, 2.75) is 56.3 Å². The van der Waals surface area contributed by atoms with Crippen LogP contribution < -0.4 is 4.90 Å². The quantitative estimate of drug-likeness (QED) is 0.757. The van der Waals surface area contributed by atoms with Crippen molar-refractivity contribution in [3.05, 3.63) is 24.3 Å². The van der Waals surface area contributed by atoms with E-state index in [0.29, 0.717) is 5.37 Å². The second kappa shape index (κ2) is 4.33. The molecule has 0 N–H and O–H groups in total. The van der Waals surface area contributed by atoms with Crippen LogP contribution >= 0.6 is 11.8 Å². The van der Waals surface area contributed by atoms with E-state index in [2.05, 4.69) is 56.9 Å². The summed E-state index contributed by atoms with van der Waals surface area (Å²) in [6.45, 7) is 9.29. The van der Waals surface area contributed by atoms with E-state index in [1.807, 2.05) is 11.8 Å². The molecule has 16 heavy (non-hydrogen) atoms. The number of nitrogens with zero attached hydrogens (tertiary/aromatic N) is 1. The molecule has 1 unspecified atom stereocenters. The Kier molecular flexibility index (Phi) is 3.20. The standard InChI is InChI=1S/C14H21NS/c1-5-10-14(3,4)15-11(2)16-13-9-7-6-8-12(13)15/h6-9,11H,5,10H2,1-4H3. The lowest BCUT2D eigenvalue weighted by Gasteiger charge is -2.40. The zero-order valence-corrected chi connectivity index (χ0v) is 11.5. The van der Waals surface area contributed by atoms with Crippen LogP contribution in [-0.2, 0) is 0 Å². The summed E-state index contributed by atoms with van der Waals surface area (Å²) in [5.41, 5.74) is 1.67. The molecule has 0 amide bonds. The molecule has 2 heteroatoms. The first-order valence-electron chi connectivity index (χ1n) is 6.11. The van der Waals surface area contributed by atoms with Crippen molar-refractivity contribution < 1.29 is 0 Å². The number of benzene rings is 1. The van der Waals surface area contributed by atoms with Gasteiger partial charge in [0.2, 0.25) is 0 Å². The molecule has 0 fully saturated rings. The van der Waals surface area contributed by atoms with Crippen molar-refractivity contribution >= 4 is 17.4 Å². The van der Waals surface area contributed by atoms with Crippen molar-refractivity contribution in [3.8, 4) is 0 Å². The van der Waals surface area contributed by atoms with Gasteiger partial charge in [0.25, 0.3) is 0 Å². The van der Waals surface area contributed by atoms with E-state index in [4.69, 9.17) is 0 Å². The molecule has 1 aromatic carbocycles. The molecule has 0 aliphatic carbocycles. The molecule has 88 valence electrons. The molecule has 0 bridgehead atoms. The molecule has 1 aliphatic rings. The van der Waals surface area contributed by atoms with E-state index in [-0.39, 0.29) is 5.54 Å². The predicted octanol–water partition coefficient (Wildman–Crippen LogP) is 4.52. The van der Waals surface area contributed by atoms with Gasteiger partial charge in [-0.3, -0.25) is 0 Å². The Morgan fingerprint density at radius 3 is 2.69 bits per heavy atom. The van der Waals surface area contributed by atoms with Crippen LogP contribution in [-0.4, -0.2) is 10.9 Å². The van der Waals surface area contributed by atoms with Crippen LogP contribution in [0.1, 0.15) is 40.5 Å². The van der Waals surface area contributed by atoms with Gasteiger partial charge in [-0.1, -0.05) is 37.2 Å². The summed E-state index contributed by atoms with van der Waals surface area (Å²) in [7, 11) is 0. The Bertz CT molecular complexity index is 373. The molecule has 1 atom stereocenters. The first-order chi connectivity index (χ1) is 7.56. The molecule has 1 aliphatic heterocycles.